The van der Waals surface area contributed by atoms with E-state index in [1.54, 1.807) is 0 Å². The Hall–Kier alpha value is -2.00. The van der Waals surface area contributed by atoms with Gasteiger partial charge in [0, 0.05) is 0 Å². The molecule has 0 heterocycles. The molecule has 8 nitrogen and oxygen atoms in total. The molecule has 0 saturated carbocycles. The second-order valence-corrected chi connectivity index (χ2v) is 12.9. The Labute approximate surface area is 322 Å². The molecule has 8 heteroatoms. The molecule has 0 atom stereocenters. The van der Waals surface area contributed by atoms with Crippen molar-refractivity contribution in [2.75, 3.05) is 79.3 Å². The minimum Gasteiger partial charge on any atom is -0.499 e. The lowest BCUT2D eigenvalue weighted by molar-refractivity contribution is 0.0181. The van der Waals surface area contributed by atoms with Gasteiger partial charge in [0.15, 0.2) is 0 Å². The number of unbranched alkanes of at least 4 members (excludes halogenated alkanes) is 4. The van der Waals surface area contributed by atoms with Gasteiger partial charge >= 0.3 is 0 Å². The van der Waals surface area contributed by atoms with E-state index in [2.05, 4.69) is 55.4 Å². The van der Waals surface area contributed by atoms with Crippen LogP contribution in [-0.4, -0.2) is 79.3 Å². The summed E-state index contributed by atoms with van der Waals surface area (Å²) >= 11 is 0. The van der Waals surface area contributed by atoms with Crippen LogP contribution in [0.15, 0.2) is 47.3 Å². The topological polar surface area (TPSA) is 73.8 Å². The van der Waals surface area contributed by atoms with Crippen molar-refractivity contribution in [1.29, 1.82) is 0 Å². The van der Waals surface area contributed by atoms with Gasteiger partial charge < -0.3 is 37.9 Å². The minimum absolute atomic E-state index is 0.593. The summed E-state index contributed by atoms with van der Waals surface area (Å²) in [5.74, 6) is 0. The van der Waals surface area contributed by atoms with Gasteiger partial charge in [-0.05, 0) is 99.3 Å². The SMILES string of the molecule is CCCC/C(=C/OCCOCCOCCO/C=C(\CC)CCCC)CC.CCCCC(=COCCOCCOCCO/C=C(\CC)CCCC)CC. The van der Waals surface area contributed by atoms with E-state index in [9.17, 15) is 0 Å². The molecule has 0 aromatic carbocycles. The summed E-state index contributed by atoms with van der Waals surface area (Å²) in [6.45, 7) is 24.7. The molecule has 0 radical (unpaired) electrons. The summed E-state index contributed by atoms with van der Waals surface area (Å²) in [5.41, 5.74) is 5.52. The van der Waals surface area contributed by atoms with E-state index in [0.29, 0.717) is 79.3 Å². The molecular weight excluding hydrogens is 656 g/mol. The summed E-state index contributed by atoms with van der Waals surface area (Å²) in [6, 6.07) is 0. The van der Waals surface area contributed by atoms with Crippen molar-refractivity contribution in [2.24, 2.45) is 0 Å². The van der Waals surface area contributed by atoms with Crippen molar-refractivity contribution in [1.82, 2.24) is 0 Å². The Balaban J connectivity index is 0. The highest BCUT2D eigenvalue weighted by atomic mass is 16.6. The zero-order valence-electron chi connectivity index (χ0n) is 35.4. The predicted molar refractivity (Wildman–Crippen MR) is 219 cm³/mol. The summed E-state index contributed by atoms with van der Waals surface area (Å²) in [5, 5.41) is 0. The standard InChI is InChI=1S/2C22H42O4/c2*1-5-9-11-21(7-3)19-25-17-15-23-13-14-24-16-18-26-20-22(8-4)12-10-6-2/h2*19-20H,5-18H2,1-4H3/b21-19+,22-20?;21-19+,22-20+. The van der Waals surface area contributed by atoms with Crippen LogP contribution in [0.4, 0.5) is 0 Å². The highest BCUT2D eigenvalue weighted by molar-refractivity contribution is 4.98. The van der Waals surface area contributed by atoms with Crippen LogP contribution in [0.5, 0.6) is 0 Å². The Morgan fingerprint density at radius 1 is 0.288 bits per heavy atom. The minimum atomic E-state index is 0.593. The third-order valence-corrected chi connectivity index (χ3v) is 8.35. The molecule has 52 heavy (non-hydrogen) atoms. The van der Waals surface area contributed by atoms with Crippen molar-refractivity contribution in [3.05, 3.63) is 47.3 Å². The fourth-order valence-corrected chi connectivity index (χ4v) is 4.67. The third kappa shape index (κ3) is 39.2. The second-order valence-electron chi connectivity index (χ2n) is 12.9. The van der Waals surface area contributed by atoms with Crippen LogP contribution in [0.3, 0.4) is 0 Å². The lowest BCUT2D eigenvalue weighted by Crippen LogP contribution is -2.10. The third-order valence-electron chi connectivity index (χ3n) is 8.35. The summed E-state index contributed by atoms with van der Waals surface area (Å²) in [7, 11) is 0. The molecule has 0 aliphatic carbocycles. The molecule has 0 rings (SSSR count). The van der Waals surface area contributed by atoms with Gasteiger partial charge in [0.2, 0.25) is 0 Å². The maximum Gasteiger partial charge on any atom is 0.111 e. The van der Waals surface area contributed by atoms with E-state index < -0.39 is 0 Å². The quantitative estimate of drug-likeness (QED) is 0.0457. The molecule has 0 fully saturated rings. The number of hydrogen-bond donors (Lipinski definition) is 0. The zero-order valence-corrected chi connectivity index (χ0v) is 35.4. The summed E-state index contributed by atoms with van der Waals surface area (Å²) in [4.78, 5) is 0. The Kier molecular flexibility index (Phi) is 45.2. The van der Waals surface area contributed by atoms with Gasteiger partial charge in [0.25, 0.3) is 0 Å². The second kappa shape index (κ2) is 45.2. The smallest absolute Gasteiger partial charge is 0.111 e. The van der Waals surface area contributed by atoms with Crippen LogP contribution >= 0.6 is 0 Å². The fraction of sp³-hybridized carbons (Fsp3) is 0.818. The van der Waals surface area contributed by atoms with E-state index >= 15 is 0 Å². The number of hydrogen-bond acceptors (Lipinski definition) is 8. The van der Waals surface area contributed by atoms with Gasteiger partial charge in [-0.2, -0.15) is 0 Å². The van der Waals surface area contributed by atoms with Crippen LogP contribution in [0.1, 0.15) is 158 Å². The first kappa shape index (κ1) is 52.1. The van der Waals surface area contributed by atoms with Crippen molar-refractivity contribution in [3.63, 3.8) is 0 Å². The lowest BCUT2D eigenvalue weighted by Gasteiger charge is -2.08. The van der Waals surface area contributed by atoms with Crippen LogP contribution in [-0.2, 0) is 37.9 Å². The number of ether oxygens (including phenoxy) is 8. The van der Waals surface area contributed by atoms with E-state index in [1.165, 1.54) is 73.7 Å². The highest BCUT2D eigenvalue weighted by Gasteiger charge is 1.99. The van der Waals surface area contributed by atoms with E-state index in [4.69, 9.17) is 37.9 Å². The van der Waals surface area contributed by atoms with Gasteiger partial charge in [-0.3, -0.25) is 0 Å². The molecule has 0 amide bonds. The molecule has 0 spiro atoms. The fourth-order valence-electron chi connectivity index (χ4n) is 4.67. The molecule has 0 aliphatic heterocycles. The Bertz CT molecular complexity index is 700. The van der Waals surface area contributed by atoms with Crippen LogP contribution in [0.2, 0.25) is 0 Å². The molecule has 0 bridgehead atoms. The first-order valence-corrected chi connectivity index (χ1v) is 21.0. The molecule has 0 aliphatic rings. The maximum atomic E-state index is 5.55. The Morgan fingerprint density at radius 2 is 0.481 bits per heavy atom. The van der Waals surface area contributed by atoms with Gasteiger partial charge in [-0.15, -0.1) is 0 Å². The zero-order chi connectivity index (χ0) is 38.6. The van der Waals surface area contributed by atoms with E-state index in [-0.39, 0.29) is 0 Å². The van der Waals surface area contributed by atoms with Gasteiger partial charge in [-0.25, -0.2) is 0 Å². The lowest BCUT2D eigenvalue weighted by atomic mass is 10.1. The first-order chi connectivity index (χ1) is 25.6. The van der Waals surface area contributed by atoms with E-state index in [0.717, 1.165) is 51.4 Å². The normalized spacial score (nSPS) is 12.5. The average Bonchev–Trinajstić information content (AvgIpc) is 3.17. The monoisotopic (exact) mass is 741 g/mol. The predicted octanol–water partition coefficient (Wildman–Crippen LogP) is 12.0. The average molecular weight is 741 g/mol. The van der Waals surface area contributed by atoms with Crippen molar-refractivity contribution in [3.8, 4) is 0 Å². The molecule has 0 saturated heterocycles. The molecule has 0 aromatic heterocycles. The molecule has 0 aromatic rings. The van der Waals surface area contributed by atoms with Crippen molar-refractivity contribution in [2.45, 2.75) is 158 Å². The molecular formula is C44H84O8. The molecule has 308 valence electrons. The van der Waals surface area contributed by atoms with E-state index in [1.807, 2.05) is 25.0 Å². The molecule has 0 N–H and O–H groups in total. The van der Waals surface area contributed by atoms with Gasteiger partial charge in [0.1, 0.15) is 26.4 Å². The number of rotatable bonds is 38. The Morgan fingerprint density at radius 3 is 0.654 bits per heavy atom. The highest BCUT2D eigenvalue weighted by Crippen LogP contribution is 2.13. The molecule has 0 unspecified atom stereocenters. The number of allylic oxidation sites excluding steroid dienone is 4. The van der Waals surface area contributed by atoms with Crippen molar-refractivity contribution >= 4 is 0 Å². The summed E-state index contributed by atoms with van der Waals surface area (Å²) in [6.07, 6.45) is 26.2. The van der Waals surface area contributed by atoms with Crippen LogP contribution < -0.4 is 0 Å². The van der Waals surface area contributed by atoms with Gasteiger partial charge in [-0.1, -0.05) is 81.1 Å². The van der Waals surface area contributed by atoms with Crippen LogP contribution in [0, 0.1) is 0 Å². The van der Waals surface area contributed by atoms with Gasteiger partial charge in [0.05, 0.1) is 77.9 Å². The van der Waals surface area contributed by atoms with Crippen LogP contribution in [0.25, 0.3) is 0 Å². The largest absolute Gasteiger partial charge is 0.499 e. The first-order valence-electron chi connectivity index (χ1n) is 21.0. The summed E-state index contributed by atoms with van der Waals surface area (Å²) < 4.78 is 44.2. The van der Waals surface area contributed by atoms with Crippen molar-refractivity contribution < 1.29 is 37.9 Å². The maximum absolute atomic E-state index is 5.55.